The molecule has 0 amide bonds. The van der Waals surface area contributed by atoms with Crippen molar-refractivity contribution in [3.63, 3.8) is 0 Å². The first-order valence-electron chi connectivity index (χ1n) is 7.88. The van der Waals surface area contributed by atoms with Gasteiger partial charge >= 0.3 is 0 Å². The van der Waals surface area contributed by atoms with Crippen LogP contribution in [0.4, 0.5) is 15.8 Å². The van der Waals surface area contributed by atoms with Crippen molar-refractivity contribution in [3.8, 4) is 11.3 Å². The standard InChI is InChI=1S/C19H18FN3/c1-21-19-11-18(12-3-2-4-13(20)9-12)23-17-8-7-15(10-16(17)19)22-14-5-6-14/h2-4,7-11,14,22H,5-6H2,1H3,(H,21,23). The van der Waals surface area contributed by atoms with Crippen LogP contribution in [-0.2, 0) is 0 Å². The number of nitrogens with one attached hydrogen (secondary N) is 2. The Morgan fingerprint density at radius 1 is 1.09 bits per heavy atom. The summed E-state index contributed by atoms with van der Waals surface area (Å²) in [7, 11) is 1.89. The summed E-state index contributed by atoms with van der Waals surface area (Å²) in [6.45, 7) is 0. The summed E-state index contributed by atoms with van der Waals surface area (Å²) >= 11 is 0. The predicted molar refractivity (Wildman–Crippen MR) is 93.3 cm³/mol. The van der Waals surface area contributed by atoms with E-state index in [1.54, 1.807) is 6.07 Å². The van der Waals surface area contributed by atoms with Crippen LogP contribution in [0.25, 0.3) is 22.2 Å². The van der Waals surface area contributed by atoms with Crippen molar-refractivity contribution in [2.24, 2.45) is 0 Å². The Morgan fingerprint density at radius 2 is 1.96 bits per heavy atom. The van der Waals surface area contributed by atoms with Gasteiger partial charge in [0.1, 0.15) is 5.82 Å². The van der Waals surface area contributed by atoms with E-state index in [9.17, 15) is 4.39 Å². The van der Waals surface area contributed by atoms with Crippen LogP contribution in [0.3, 0.4) is 0 Å². The first-order chi connectivity index (χ1) is 11.2. The zero-order valence-electron chi connectivity index (χ0n) is 12.9. The smallest absolute Gasteiger partial charge is 0.123 e. The molecule has 4 heteroatoms. The highest BCUT2D eigenvalue weighted by Crippen LogP contribution is 2.32. The van der Waals surface area contributed by atoms with Gasteiger partial charge in [-0.05, 0) is 49.2 Å². The Balaban J connectivity index is 1.82. The summed E-state index contributed by atoms with van der Waals surface area (Å²) in [4.78, 5) is 4.70. The molecule has 1 saturated carbocycles. The summed E-state index contributed by atoms with van der Waals surface area (Å²) in [5.74, 6) is -0.251. The van der Waals surface area contributed by atoms with Gasteiger partial charge in [-0.3, -0.25) is 0 Å². The zero-order valence-corrected chi connectivity index (χ0v) is 12.9. The summed E-state index contributed by atoms with van der Waals surface area (Å²) in [5, 5.41) is 7.81. The van der Waals surface area contributed by atoms with Crippen LogP contribution in [0.2, 0.25) is 0 Å². The van der Waals surface area contributed by atoms with Crippen LogP contribution in [0.5, 0.6) is 0 Å². The minimum absolute atomic E-state index is 0.251. The van der Waals surface area contributed by atoms with E-state index in [-0.39, 0.29) is 5.82 Å². The Labute approximate surface area is 134 Å². The Morgan fingerprint density at radius 3 is 2.70 bits per heavy atom. The number of aromatic nitrogens is 1. The molecule has 4 rings (SSSR count). The van der Waals surface area contributed by atoms with E-state index in [0.717, 1.165) is 33.5 Å². The minimum Gasteiger partial charge on any atom is -0.388 e. The maximum Gasteiger partial charge on any atom is 0.123 e. The average Bonchev–Trinajstić information content (AvgIpc) is 3.38. The topological polar surface area (TPSA) is 37.0 Å². The van der Waals surface area contributed by atoms with Gasteiger partial charge in [-0.15, -0.1) is 0 Å². The number of halogens is 1. The number of anilines is 2. The van der Waals surface area contributed by atoms with E-state index in [1.807, 2.05) is 25.2 Å². The van der Waals surface area contributed by atoms with Gasteiger partial charge in [0.2, 0.25) is 0 Å². The van der Waals surface area contributed by atoms with Crippen LogP contribution >= 0.6 is 0 Å². The van der Waals surface area contributed by atoms with Crippen molar-refractivity contribution in [2.75, 3.05) is 17.7 Å². The molecule has 116 valence electrons. The summed E-state index contributed by atoms with van der Waals surface area (Å²) in [5.41, 5.74) is 4.57. The van der Waals surface area contributed by atoms with Crippen LogP contribution in [0.1, 0.15) is 12.8 Å². The third kappa shape index (κ3) is 2.84. The van der Waals surface area contributed by atoms with E-state index >= 15 is 0 Å². The molecule has 1 aliphatic rings. The van der Waals surface area contributed by atoms with Crippen LogP contribution < -0.4 is 10.6 Å². The molecule has 23 heavy (non-hydrogen) atoms. The normalized spacial score (nSPS) is 14.0. The van der Waals surface area contributed by atoms with Crippen LogP contribution in [0, 0.1) is 5.82 Å². The lowest BCUT2D eigenvalue weighted by Crippen LogP contribution is -2.01. The number of hydrogen-bond acceptors (Lipinski definition) is 3. The molecule has 3 nitrogen and oxygen atoms in total. The average molecular weight is 307 g/mol. The van der Waals surface area contributed by atoms with E-state index < -0.39 is 0 Å². The third-order valence-corrected chi connectivity index (χ3v) is 4.15. The zero-order chi connectivity index (χ0) is 15.8. The molecule has 0 spiro atoms. The van der Waals surface area contributed by atoms with Crippen molar-refractivity contribution in [1.29, 1.82) is 0 Å². The van der Waals surface area contributed by atoms with Crippen molar-refractivity contribution in [3.05, 3.63) is 54.3 Å². The fourth-order valence-electron chi connectivity index (χ4n) is 2.78. The van der Waals surface area contributed by atoms with Crippen LogP contribution in [0.15, 0.2) is 48.5 Å². The van der Waals surface area contributed by atoms with E-state index in [4.69, 9.17) is 4.98 Å². The molecule has 1 fully saturated rings. The van der Waals surface area contributed by atoms with Crippen molar-refractivity contribution in [2.45, 2.75) is 18.9 Å². The Hall–Kier alpha value is -2.62. The number of pyridine rings is 1. The molecule has 1 aliphatic carbocycles. The van der Waals surface area contributed by atoms with Gasteiger partial charge < -0.3 is 10.6 Å². The SMILES string of the molecule is CNc1cc(-c2cccc(F)c2)nc2ccc(NC3CC3)cc12. The van der Waals surface area contributed by atoms with Crippen LogP contribution in [-0.4, -0.2) is 18.1 Å². The van der Waals surface area contributed by atoms with Gasteiger partial charge in [-0.2, -0.15) is 0 Å². The lowest BCUT2D eigenvalue weighted by Gasteiger charge is -2.12. The summed E-state index contributed by atoms with van der Waals surface area (Å²) in [6.07, 6.45) is 2.49. The molecule has 1 heterocycles. The molecule has 3 aromatic rings. The van der Waals surface area contributed by atoms with Crippen molar-refractivity contribution >= 4 is 22.3 Å². The molecule has 0 saturated heterocycles. The Bertz CT molecular complexity index is 872. The molecular weight excluding hydrogens is 289 g/mol. The van der Waals surface area contributed by atoms with Gasteiger partial charge in [0.25, 0.3) is 0 Å². The second kappa shape index (κ2) is 5.54. The molecule has 0 aliphatic heterocycles. The number of benzene rings is 2. The quantitative estimate of drug-likeness (QED) is 0.736. The number of nitrogens with zero attached hydrogens (tertiary/aromatic N) is 1. The number of rotatable bonds is 4. The molecular formula is C19H18FN3. The predicted octanol–water partition coefficient (Wildman–Crippen LogP) is 4.66. The fraction of sp³-hybridized carbons (Fsp3) is 0.211. The maximum atomic E-state index is 13.5. The fourth-order valence-corrected chi connectivity index (χ4v) is 2.78. The third-order valence-electron chi connectivity index (χ3n) is 4.15. The molecule has 1 aromatic heterocycles. The van der Waals surface area contributed by atoms with Gasteiger partial charge in [-0.25, -0.2) is 9.37 Å². The highest BCUT2D eigenvalue weighted by atomic mass is 19.1. The van der Waals surface area contributed by atoms with E-state index in [0.29, 0.717) is 6.04 Å². The summed E-state index contributed by atoms with van der Waals surface area (Å²) < 4.78 is 13.5. The lowest BCUT2D eigenvalue weighted by atomic mass is 10.1. The van der Waals surface area contributed by atoms with Gasteiger partial charge in [0, 0.05) is 35.4 Å². The lowest BCUT2D eigenvalue weighted by molar-refractivity contribution is 0.628. The minimum atomic E-state index is -0.251. The molecule has 2 aromatic carbocycles. The van der Waals surface area contributed by atoms with Crippen molar-refractivity contribution < 1.29 is 4.39 Å². The second-order valence-electron chi connectivity index (χ2n) is 5.97. The monoisotopic (exact) mass is 307 g/mol. The highest BCUT2D eigenvalue weighted by molar-refractivity contribution is 5.95. The number of hydrogen-bond donors (Lipinski definition) is 2. The van der Waals surface area contributed by atoms with Gasteiger partial charge in [0.05, 0.1) is 11.2 Å². The first-order valence-corrected chi connectivity index (χ1v) is 7.88. The molecule has 0 radical (unpaired) electrons. The molecule has 0 bridgehead atoms. The summed E-state index contributed by atoms with van der Waals surface area (Å²) in [6, 6.07) is 15.3. The highest BCUT2D eigenvalue weighted by Gasteiger charge is 2.21. The largest absolute Gasteiger partial charge is 0.388 e. The van der Waals surface area contributed by atoms with Gasteiger partial charge in [0.15, 0.2) is 0 Å². The first kappa shape index (κ1) is 14.0. The van der Waals surface area contributed by atoms with E-state index in [2.05, 4.69) is 22.8 Å². The molecule has 0 unspecified atom stereocenters. The molecule has 2 N–H and O–H groups in total. The second-order valence-corrected chi connectivity index (χ2v) is 5.97. The number of fused-ring (bicyclic) bond motifs is 1. The van der Waals surface area contributed by atoms with Crippen molar-refractivity contribution in [1.82, 2.24) is 4.98 Å². The Kier molecular flexibility index (Phi) is 3.37. The maximum absolute atomic E-state index is 13.5. The van der Waals surface area contributed by atoms with E-state index in [1.165, 1.54) is 25.0 Å². The molecule has 0 atom stereocenters. The van der Waals surface area contributed by atoms with Gasteiger partial charge in [-0.1, -0.05) is 12.1 Å².